The van der Waals surface area contributed by atoms with Crippen LogP contribution in [0.25, 0.3) is 10.2 Å². The first kappa shape index (κ1) is 12.0. The van der Waals surface area contributed by atoms with E-state index in [4.69, 9.17) is 0 Å². The third-order valence-corrected chi connectivity index (χ3v) is 3.85. The molecule has 3 heterocycles. The molecule has 0 unspecified atom stereocenters. The van der Waals surface area contributed by atoms with Crippen molar-refractivity contribution in [2.24, 2.45) is 0 Å². The lowest BCUT2D eigenvalue weighted by atomic mass is 10.2. The van der Waals surface area contributed by atoms with E-state index in [1.165, 1.54) is 0 Å². The Morgan fingerprint density at radius 1 is 1.16 bits per heavy atom. The summed E-state index contributed by atoms with van der Waals surface area (Å²) in [7, 11) is 2.06. The van der Waals surface area contributed by atoms with E-state index in [2.05, 4.69) is 38.3 Å². The van der Waals surface area contributed by atoms with E-state index in [1.807, 2.05) is 24.4 Å². The minimum absolute atomic E-state index is 0.888. The van der Waals surface area contributed by atoms with Crippen LogP contribution < -0.4 is 4.90 Å². The summed E-state index contributed by atoms with van der Waals surface area (Å²) in [6.07, 6.45) is 4.37. The number of pyridine rings is 1. The standard InChI is InChI=1S/C14H14N4S/c1-18(8-5-11-4-2-3-7-15-11)13-12-6-9-19-14(12)17-10-16-13/h2-4,6-7,9-10H,5,8H2,1H3. The smallest absolute Gasteiger partial charge is 0.140 e. The summed E-state index contributed by atoms with van der Waals surface area (Å²) in [6, 6.07) is 8.08. The maximum Gasteiger partial charge on any atom is 0.140 e. The lowest BCUT2D eigenvalue weighted by molar-refractivity contribution is 0.841. The first-order valence-electron chi connectivity index (χ1n) is 6.14. The molecule has 0 N–H and O–H groups in total. The van der Waals surface area contributed by atoms with Crippen molar-refractivity contribution in [1.29, 1.82) is 0 Å². The molecule has 0 spiro atoms. The van der Waals surface area contributed by atoms with Crippen molar-refractivity contribution in [2.45, 2.75) is 6.42 Å². The van der Waals surface area contributed by atoms with Crippen molar-refractivity contribution in [3.8, 4) is 0 Å². The highest BCUT2D eigenvalue weighted by molar-refractivity contribution is 7.16. The molecule has 0 saturated heterocycles. The fourth-order valence-corrected chi connectivity index (χ4v) is 2.74. The van der Waals surface area contributed by atoms with Gasteiger partial charge in [-0.15, -0.1) is 11.3 Å². The number of aromatic nitrogens is 3. The maximum absolute atomic E-state index is 4.39. The van der Waals surface area contributed by atoms with Crippen LogP contribution in [0, 0.1) is 0 Å². The van der Waals surface area contributed by atoms with Crippen LogP contribution in [0.5, 0.6) is 0 Å². The van der Waals surface area contributed by atoms with Gasteiger partial charge in [-0.3, -0.25) is 4.98 Å². The maximum atomic E-state index is 4.39. The highest BCUT2D eigenvalue weighted by atomic mass is 32.1. The molecule has 19 heavy (non-hydrogen) atoms. The average molecular weight is 270 g/mol. The molecule has 0 aliphatic carbocycles. The Hall–Kier alpha value is -2.01. The molecule has 0 aliphatic rings. The van der Waals surface area contributed by atoms with Crippen molar-refractivity contribution in [2.75, 3.05) is 18.5 Å². The third kappa shape index (κ3) is 2.56. The first-order valence-corrected chi connectivity index (χ1v) is 7.02. The number of rotatable bonds is 4. The summed E-state index contributed by atoms with van der Waals surface area (Å²) in [5, 5.41) is 3.17. The Bertz CT molecular complexity index is 665. The molecule has 0 saturated carbocycles. The van der Waals surface area contributed by atoms with Crippen LogP contribution in [0.15, 0.2) is 42.2 Å². The SMILES string of the molecule is CN(CCc1ccccn1)c1ncnc2sccc12. The fourth-order valence-electron chi connectivity index (χ4n) is 2.02. The molecule has 0 amide bonds. The van der Waals surface area contributed by atoms with Gasteiger partial charge in [0.1, 0.15) is 17.0 Å². The third-order valence-electron chi connectivity index (χ3n) is 3.03. The Morgan fingerprint density at radius 3 is 2.95 bits per heavy atom. The number of nitrogens with zero attached hydrogens (tertiary/aromatic N) is 4. The molecule has 0 radical (unpaired) electrons. The quantitative estimate of drug-likeness (QED) is 0.731. The minimum Gasteiger partial charge on any atom is -0.359 e. The van der Waals surface area contributed by atoms with E-state index >= 15 is 0 Å². The van der Waals surface area contributed by atoms with Gasteiger partial charge in [0, 0.05) is 31.9 Å². The highest BCUT2D eigenvalue weighted by Crippen LogP contribution is 2.25. The molecule has 0 aliphatic heterocycles. The van der Waals surface area contributed by atoms with Gasteiger partial charge in [0.2, 0.25) is 0 Å². The Labute approximate surface area is 115 Å². The summed E-state index contributed by atoms with van der Waals surface area (Å²) in [5.74, 6) is 0.988. The molecule has 3 aromatic heterocycles. The second-order valence-electron chi connectivity index (χ2n) is 4.33. The van der Waals surface area contributed by atoms with Crippen LogP contribution in [0.1, 0.15) is 5.69 Å². The van der Waals surface area contributed by atoms with Crippen LogP contribution >= 0.6 is 11.3 Å². The number of hydrogen-bond donors (Lipinski definition) is 0. The number of thiophene rings is 1. The molecule has 96 valence electrons. The molecule has 0 bridgehead atoms. The fraction of sp³-hybridized carbons (Fsp3) is 0.214. The van der Waals surface area contributed by atoms with Crippen molar-refractivity contribution >= 4 is 27.4 Å². The van der Waals surface area contributed by atoms with E-state index in [1.54, 1.807) is 17.7 Å². The molecule has 0 fully saturated rings. The number of likely N-dealkylation sites (N-methyl/N-ethyl adjacent to an activating group) is 1. The van der Waals surface area contributed by atoms with E-state index in [-0.39, 0.29) is 0 Å². The molecule has 0 aromatic carbocycles. The van der Waals surface area contributed by atoms with Crippen LogP contribution in [0.3, 0.4) is 0 Å². The van der Waals surface area contributed by atoms with Crippen molar-refractivity contribution in [3.05, 3.63) is 47.9 Å². The van der Waals surface area contributed by atoms with Crippen molar-refractivity contribution in [3.63, 3.8) is 0 Å². The second-order valence-corrected chi connectivity index (χ2v) is 5.22. The van der Waals surface area contributed by atoms with Gasteiger partial charge in [-0.25, -0.2) is 9.97 Å². The predicted molar refractivity (Wildman–Crippen MR) is 78.6 cm³/mol. The van der Waals surface area contributed by atoms with Gasteiger partial charge in [0.25, 0.3) is 0 Å². The topological polar surface area (TPSA) is 41.9 Å². The molecular formula is C14H14N4S. The Balaban J connectivity index is 1.77. The lowest BCUT2D eigenvalue weighted by Gasteiger charge is -2.18. The predicted octanol–water partition coefficient (Wildman–Crippen LogP) is 2.77. The van der Waals surface area contributed by atoms with Gasteiger partial charge >= 0.3 is 0 Å². The van der Waals surface area contributed by atoms with E-state index in [0.717, 1.165) is 34.7 Å². The minimum atomic E-state index is 0.888. The van der Waals surface area contributed by atoms with Crippen LogP contribution in [0.2, 0.25) is 0 Å². The van der Waals surface area contributed by atoms with Crippen LogP contribution in [0.4, 0.5) is 5.82 Å². The van der Waals surface area contributed by atoms with Gasteiger partial charge in [0.05, 0.1) is 5.39 Å². The van der Waals surface area contributed by atoms with Crippen molar-refractivity contribution in [1.82, 2.24) is 15.0 Å². The molecular weight excluding hydrogens is 256 g/mol. The van der Waals surface area contributed by atoms with Crippen molar-refractivity contribution < 1.29 is 0 Å². The Kier molecular flexibility index (Phi) is 3.37. The first-order chi connectivity index (χ1) is 9.34. The van der Waals surface area contributed by atoms with E-state index < -0.39 is 0 Å². The number of hydrogen-bond acceptors (Lipinski definition) is 5. The van der Waals surface area contributed by atoms with Gasteiger partial charge < -0.3 is 4.90 Å². The molecule has 5 heteroatoms. The monoisotopic (exact) mass is 270 g/mol. The van der Waals surface area contributed by atoms with Gasteiger partial charge in [-0.05, 0) is 23.6 Å². The lowest BCUT2D eigenvalue weighted by Crippen LogP contribution is -2.21. The van der Waals surface area contributed by atoms with Gasteiger partial charge in [-0.2, -0.15) is 0 Å². The summed E-state index contributed by atoms with van der Waals surface area (Å²) in [4.78, 5) is 16.2. The zero-order chi connectivity index (χ0) is 13.1. The summed E-state index contributed by atoms with van der Waals surface area (Å²) in [5.41, 5.74) is 1.10. The largest absolute Gasteiger partial charge is 0.359 e. The highest BCUT2D eigenvalue weighted by Gasteiger charge is 2.09. The molecule has 0 atom stereocenters. The van der Waals surface area contributed by atoms with E-state index in [9.17, 15) is 0 Å². The number of fused-ring (bicyclic) bond motifs is 1. The number of anilines is 1. The summed E-state index contributed by atoms with van der Waals surface area (Å²) in [6.45, 7) is 0.888. The van der Waals surface area contributed by atoms with Gasteiger partial charge in [0.15, 0.2) is 0 Å². The summed E-state index contributed by atoms with van der Waals surface area (Å²) >= 11 is 1.64. The molecule has 4 nitrogen and oxygen atoms in total. The van der Waals surface area contributed by atoms with Crippen LogP contribution in [-0.2, 0) is 6.42 Å². The van der Waals surface area contributed by atoms with E-state index in [0.29, 0.717) is 0 Å². The average Bonchev–Trinajstić information content (AvgIpc) is 2.94. The zero-order valence-electron chi connectivity index (χ0n) is 10.7. The molecule has 3 aromatic rings. The summed E-state index contributed by atoms with van der Waals surface area (Å²) < 4.78 is 0. The Morgan fingerprint density at radius 2 is 2.11 bits per heavy atom. The van der Waals surface area contributed by atoms with Crippen LogP contribution in [-0.4, -0.2) is 28.5 Å². The normalized spacial score (nSPS) is 10.8. The second kappa shape index (κ2) is 5.32. The zero-order valence-corrected chi connectivity index (χ0v) is 11.5. The molecule has 3 rings (SSSR count). The van der Waals surface area contributed by atoms with Gasteiger partial charge in [-0.1, -0.05) is 6.07 Å².